The van der Waals surface area contributed by atoms with Crippen molar-refractivity contribution in [3.05, 3.63) is 89.9 Å². The van der Waals surface area contributed by atoms with Crippen molar-refractivity contribution >= 4 is 36.3 Å². The van der Waals surface area contributed by atoms with Crippen LogP contribution in [0, 0.1) is 5.82 Å². The molecule has 4 rings (SSSR count). The van der Waals surface area contributed by atoms with E-state index in [0.717, 1.165) is 33.8 Å². The van der Waals surface area contributed by atoms with Crippen LogP contribution in [0.15, 0.2) is 77.8 Å². The molecule has 188 valence electrons. The largest absolute Gasteiger partial charge is 0.381 e. The van der Waals surface area contributed by atoms with E-state index < -0.39 is 24.9 Å². The normalized spacial score (nSPS) is 13.0. The van der Waals surface area contributed by atoms with Crippen molar-refractivity contribution in [2.24, 2.45) is 0 Å². The fraction of sp³-hybridized carbons (Fsp3) is 0.222. The van der Waals surface area contributed by atoms with Gasteiger partial charge in [-0.15, -0.1) is 0 Å². The molecule has 0 radical (unpaired) electrons. The van der Waals surface area contributed by atoms with Crippen LogP contribution in [0.25, 0.3) is 22.0 Å². The van der Waals surface area contributed by atoms with E-state index in [-0.39, 0.29) is 17.3 Å². The second-order valence-corrected chi connectivity index (χ2v) is 13.5. The Morgan fingerprint density at radius 3 is 2.33 bits per heavy atom. The molecule has 9 heteroatoms. The Balaban J connectivity index is 1.67. The van der Waals surface area contributed by atoms with Gasteiger partial charge in [-0.3, -0.25) is 4.98 Å². The molecule has 0 saturated carbocycles. The van der Waals surface area contributed by atoms with E-state index in [9.17, 15) is 21.2 Å². The lowest BCUT2D eigenvalue weighted by Gasteiger charge is -2.14. The first kappa shape index (κ1) is 25.8. The van der Waals surface area contributed by atoms with E-state index in [2.05, 4.69) is 10.3 Å². The maximum atomic E-state index is 14.7. The number of pyridine rings is 1. The molecule has 6 nitrogen and oxygen atoms in total. The van der Waals surface area contributed by atoms with Gasteiger partial charge < -0.3 is 5.32 Å². The van der Waals surface area contributed by atoms with Crippen molar-refractivity contribution in [1.82, 2.24) is 4.98 Å². The zero-order valence-electron chi connectivity index (χ0n) is 20.2. The smallest absolute Gasteiger partial charge is 0.175 e. The molecule has 0 spiro atoms. The maximum absolute atomic E-state index is 14.7. The Kier molecular flexibility index (Phi) is 7.15. The average Bonchev–Trinajstić information content (AvgIpc) is 2.82. The number of sulfone groups is 2. The molecule has 1 aromatic heterocycles. The second kappa shape index (κ2) is 9.99. The second-order valence-electron chi connectivity index (χ2n) is 9.02. The van der Waals surface area contributed by atoms with E-state index in [1.165, 1.54) is 24.5 Å². The molecule has 0 saturated heterocycles. The fourth-order valence-electron chi connectivity index (χ4n) is 3.97. The Morgan fingerprint density at radius 1 is 0.944 bits per heavy atom. The first-order chi connectivity index (χ1) is 16.9. The van der Waals surface area contributed by atoms with Crippen molar-refractivity contribution in [2.75, 3.05) is 17.8 Å². The summed E-state index contributed by atoms with van der Waals surface area (Å²) >= 11 is 0. The van der Waals surface area contributed by atoms with Crippen LogP contribution in [-0.2, 0) is 32.6 Å². The van der Waals surface area contributed by atoms with Crippen LogP contribution in [0.5, 0.6) is 0 Å². The van der Waals surface area contributed by atoms with Gasteiger partial charge in [-0.1, -0.05) is 12.1 Å². The third-order valence-corrected chi connectivity index (χ3v) is 8.90. The van der Waals surface area contributed by atoms with Gasteiger partial charge in [0.15, 0.2) is 9.84 Å². The summed E-state index contributed by atoms with van der Waals surface area (Å²) in [5.41, 5.74) is 4.25. The molecule has 0 aliphatic carbocycles. The molecule has 36 heavy (non-hydrogen) atoms. The summed E-state index contributed by atoms with van der Waals surface area (Å²) in [4.78, 5) is 4.74. The number of hydrogen-bond donors (Lipinski definition) is 1. The third-order valence-electron chi connectivity index (χ3n) is 6.14. The van der Waals surface area contributed by atoms with Crippen molar-refractivity contribution in [3.63, 3.8) is 0 Å². The highest BCUT2D eigenvalue weighted by Crippen LogP contribution is 2.31. The first-order valence-electron chi connectivity index (χ1n) is 11.3. The number of fused-ring (bicyclic) bond motifs is 1. The van der Waals surface area contributed by atoms with E-state index in [0.29, 0.717) is 17.7 Å². The van der Waals surface area contributed by atoms with Crippen LogP contribution in [-0.4, -0.2) is 39.6 Å². The van der Waals surface area contributed by atoms with E-state index in [1.807, 2.05) is 24.3 Å². The fourth-order valence-corrected chi connectivity index (χ4v) is 5.10. The minimum atomic E-state index is -3.29. The highest BCUT2D eigenvalue weighted by molar-refractivity contribution is 7.91. The van der Waals surface area contributed by atoms with E-state index in [1.54, 1.807) is 37.4 Å². The minimum absolute atomic E-state index is 0.189. The molecule has 1 N–H and O–H groups in total. The quantitative estimate of drug-likeness (QED) is 0.346. The van der Waals surface area contributed by atoms with E-state index in [4.69, 9.17) is 0 Å². The number of aromatic nitrogens is 1. The van der Waals surface area contributed by atoms with E-state index >= 15 is 0 Å². The Bertz CT molecular complexity index is 1630. The lowest BCUT2D eigenvalue weighted by Crippen LogP contribution is -2.18. The van der Waals surface area contributed by atoms with Crippen LogP contribution >= 0.6 is 0 Å². The van der Waals surface area contributed by atoms with Gasteiger partial charge in [0.2, 0.25) is 0 Å². The summed E-state index contributed by atoms with van der Waals surface area (Å²) in [6.07, 6.45) is 4.42. The summed E-state index contributed by atoms with van der Waals surface area (Å²) < 4.78 is 62.0. The summed E-state index contributed by atoms with van der Waals surface area (Å²) in [5, 5.41) is 3.47. The van der Waals surface area contributed by atoms with Gasteiger partial charge in [0.05, 0.1) is 15.7 Å². The molecule has 1 unspecified atom stereocenters. The molecule has 3 aromatic carbocycles. The molecule has 4 aromatic rings. The molecular weight excluding hydrogens is 499 g/mol. The van der Waals surface area contributed by atoms with Crippen LogP contribution in [0.4, 0.5) is 10.1 Å². The van der Waals surface area contributed by atoms with Gasteiger partial charge in [0.25, 0.3) is 0 Å². The van der Waals surface area contributed by atoms with Gasteiger partial charge in [0.1, 0.15) is 15.7 Å². The molecule has 0 fully saturated rings. The molecule has 0 bridgehead atoms. The van der Waals surface area contributed by atoms with Gasteiger partial charge in [-0.25, -0.2) is 21.2 Å². The van der Waals surface area contributed by atoms with Crippen molar-refractivity contribution < 1.29 is 21.2 Å². The highest BCUT2D eigenvalue weighted by Gasteiger charge is 2.17. The summed E-state index contributed by atoms with van der Waals surface area (Å²) in [5.74, 6) is -0.377. The number of nitrogens with zero attached hydrogens (tertiary/aromatic N) is 1. The molecule has 1 atom stereocenters. The lowest BCUT2D eigenvalue weighted by molar-refractivity contribution is 0.588. The zero-order chi connectivity index (χ0) is 26.1. The van der Waals surface area contributed by atoms with Crippen molar-refractivity contribution in [2.45, 2.75) is 30.0 Å². The molecule has 0 amide bonds. The van der Waals surface area contributed by atoms with Crippen LogP contribution in [0.2, 0.25) is 0 Å². The van der Waals surface area contributed by atoms with Gasteiger partial charge in [0, 0.05) is 47.5 Å². The number of hydrogen-bond acceptors (Lipinski definition) is 6. The highest BCUT2D eigenvalue weighted by atomic mass is 32.2. The maximum Gasteiger partial charge on any atom is 0.175 e. The van der Waals surface area contributed by atoms with Crippen molar-refractivity contribution in [1.29, 1.82) is 0 Å². The third kappa shape index (κ3) is 5.91. The molecule has 1 heterocycles. The number of anilines is 1. The topological polar surface area (TPSA) is 93.2 Å². The van der Waals surface area contributed by atoms with Gasteiger partial charge >= 0.3 is 0 Å². The number of halogens is 1. The van der Waals surface area contributed by atoms with Crippen LogP contribution in [0.3, 0.4) is 0 Å². The summed E-state index contributed by atoms with van der Waals surface area (Å²) in [6.45, 7) is 1.88. The Morgan fingerprint density at radius 2 is 1.67 bits per heavy atom. The van der Waals surface area contributed by atoms with Crippen LogP contribution in [0.1, 0.15) is 18.1 Å². The summed E-state index contributed by atoms with van der Waals surface area (Å²) in [7, 11) is -6.49. The number of nitrogens with one attached hydrogen (secondary N) is 1. The standard InChI is InChI=1S/C27H27FN2O4S2/c1-18(35(2,31)32)13-19-14-21-5-4-12-29-27(21)25(15-19)20-6-11-26(28)22(16-20)17-30-23-7-9-24(10-8-23)36(3,33)34/h4-12,14-16,18,30H,13,17H2,1-3H3. The first-order valence-corrected chi connectivity index (χ1v) is 15.2. The average molecular weight is 527 g/mol. The Labute approximate surface area is 211 Å². The van der Waals surface area contributed by atoms with Crippen LogP contribution < -0.4 is 5.32 Å². The predicted molar refractivity (Wildman–Crippen MR) is 142 cm³/mol. The molecular formula is C27H27FN2O4S2. The molecule has 0 aliphatic rings. The predicted octanol–water partition coefficient (Wildman–Crippen LogP) is 5.03. The van der Waals surface area contributed by atoms with Gasteiger partial charge in [-0.05, 0) is 79.1 Å². The zero-order valence-corrected chi connectivity index (χ0v) is 21.8. The number of rotatable bonds is 8. The Hall–Kier alpha value is -3.30. The van der Waals surface area contributed by atoms with Crippen molar-refractivity contribution in [3.8, 4) is 11.1 Å². The summed E-state index contributed by atoms with van der Waals surface area (Å²) in [6, 6.07) is 18.7. The SMILES string of the molecule is CC(Cc1cc(-c2ccc(F)c(CNc3ccc(S(C)(=O)=O)cc3)c2)c2ncccc2c1)S(C)(=O)=O. The molecule has 0 aliphatic heterocycles. The lowest BCUT2D eigenvalue weighted by atomic mass is 9.96. The monoisotopic (exact) mass is 526 g/mol. The number of benzene rings is 3. The van der Waals surface area contributed by atoms with Gasteiger partial charge in [-0.2, -0.15) is 0 Å². The minimum Gasteiger partial charge on any atom is -0.381 e.